The summed E-state index contributed by atoms with van der Waals surface area (Å²) in [6.45, 7) is 2.30. The Balaban J connectivity index is 0.00000210. The van der Waals surface area contributed by atoms with Crippen molar-refractivity contribution in [3.05, 3.63) is 73.3 Å². The van der Waals surface area contributed by atoms with Gasteiger partial charge in [-0.1, -0.05) is 56.4 Å². The lowest BCUT2D eigenvalue weighted by Gasteiger charge is -2.02. The first kappa shape index (κ1) is 25.8. The molecule has 2 heterocycles. The van der Waals surface area contributed by atoms with E-state index >= 15 is 0 Å². The minimum atomic E-state index is 0. The molecule has 0 spiro atoms. The molecule has 29 heavy (non-hydrogen) atoms. The van der Waals surface area contributed by atoms with E-state index in [1.54, 1.807) is 0 Å². The van der Waals surface area contributed by atoms with Crippen LogP contribution >= 0.6 is 0 Å². The zero-order valence-corrected chi connectivity index (χ0v) is 20.5. The van der Waals surface area contributed by atoms with Gasteiger partial charge in [0.25, 0.3) is 0 Å². The van der Waals surface area contributed by atoms with E-state index < -0.39 is 0 Å². The van der Waals surface area contributed by atoms with Crippen molar-refractivity contribution in [1.29, 1.82) is 0 Å². The first-order chi connectivity index (χ1) is 13.4. The van der Waals surface area contributed by atoms with E-state index in [2.05, 4.69) is 82.5 Å². The number of hydrogen-bond acceptors (Lipinski definition) is 0. The van der Waals surface area contributed by atoms with Gasteiger partial charge in [-0.15, -0.1) is 0 Å². The van der Waals surface area contributed by atoms with Crippen LogP contribution in [0.3, 0.4) is 0 Å². The number of fused-ring (bicyclic) bond motifs is 1. The Morgan fingerprint density at radius 3 is 1.59 bits per heavy atom. The molecule has 0 aliphatic rings. The predicted molar refractivity (Wildman–Crippen MR) is 112 cm³/mol. The van der Waals surface area contributed by atoms with Crippen LogP contribution in [-0.4, -0.2) is 0 Å². The zero-order chi connectivity index (χ0) is 18.6. The summed E-state index contributed by atoms with van der Waals surface area (Å²) in [5, 5.41) is 2.67. The van der Waals surface area contributed by atoms with Crippen molar-refractivity contribution in [2.24, 2.45) is 0 Å². The summed E-state index contributed by atoms with van der Waals surface area (Å²) in [6.07, 6.45) is 21.1. The van der Waals surface area contributed by atoms with E-state index in [0.29, 0.717) is 0 Å². The fourth-order valence-corrected chi connectivity index (χ4v) is 3.73. The molecule has 158 valence electrons. The number of benzene rings is 1. The molecule has 0 aliphatic carbocycles. The molecular weight excluding hydrogens is 488 g/mol. The van der Waals surface area contributed by atoms with Crippen LogP contribution in [-0.2, 0) is 13.1 Å². The molecule has 0 amide bonds. The van der Waals surface area contributed by atoms with Crippen molar-refractivity contribution >= 4 is 10.8 Å². The molecule has 1 aromatic carbocycles. The lowest BCUT2D eigenvalue weighted by Crippen LogP contribution is -3.00. The highest BCUT2D eigenvalue weighted by atomic mass is 79.9. The second kappa shape index (κ2) is 15.6. The maximum Gasteiger partial charge on any atom is 0.176 e. The maximum absolute atomic E-state index is 2.34. The highest BCUT2D eigenvalue weighted by Gasteiger charge is 2.02. The normalized spacial score (nSPS) is 10.3. The van der Waals surface area contributed by atoms with E-state index in [-0.39, 0.29) is 34.0 Å². The molecule has 0 radical (unpaired) electrons. The van der Waals surface area contributed by atoms with Crippen LogP contribution in [0.2, 0.25) is 0 Å². The number of unbranched alkanes of at least 4 members (excludes halogenated alkanes) is 8. The van der Waals surface area contributed by atoms with E-state index in [4.69, 9.17) is 0 Å². The summed E-state index contributed by atoms with van der Waals surface area (Å²) in [7, 11) is 0. The fraction of sp³-hybridized carbons (Fsp3) is 0.440. The molecule has 0 aliphatic heterocycles. The standard InChI is InChI=1S/C25H34N2.2BrH/c1(2-4-6-11-18-26-19-13-8-14-20-26)3-5-7-12-21-27-22-17-24-15-9-10-16-25(24)23-27;;/h8-10,13-17,19-20,22-23H,1-7,11-12,18,21H2;2*1H/q+2;;/p-2. The molecule has 0 N–H and O–H groups in total. The molecule has 0 saturated carbocycles. The predicted octanol–water partition coefficient (Wildman–Crippen LogP) is -0.366. The zero-order valence-electron chi connectivity index (χ0n) is 17.4. The Labute approximate surface area is 197 Å². The average molecular weight is 522 g/mol. The lowest BCUT2D eigenvalue weighted by molar-refractivity contribution is -0.697. The number of aromatic nitrogens is 2. The highest BCUT2D eigenvalue weighted by Crippen LogP contribution is 2.11. The summed E-state index contributed by atoms with van der Waals surface area (Å²) < 4.78 is 4.63. The fourth-order valence-electron chi connectivity index (χ4n) is 3.73. The van der Waals surface area contributed by atoms with Crippen LogP contribution in [0.4, 0.5) is 0 Å². The molecule has 3 rings (SSSR count). The largest absolute Gasteiger partial charge is 1.00 e. The number of hydrogen-bond donors (Lipinski definition) is 0. The van der Waals surface area contributed by atoms with Crippen LogP contribution < -0.4 is 43.1 Å². The molecule has 2 nitrogen and oxygen atoms in total. The van der Waals surface area contributed by atoms with Crippen molar-refractivity contribution in [3.63, 3.8) is 0 Å². The van der Waals surface area contributed by atoms with Crippen LogP contribution in [0, 0.1) is 0 Å². The monoisotopic (exact) mass is 520 g/mol. The molecule has 0 saturated heterocycles. The van der Waals surface area contributed by atoms with E-state index in [0.717, 1.165) is 13.1 Å². The van der Waals surface area contributed by atoms with Crippen molar-refractivity contribution in [1.82, 2.24) is 0 Å². The van der Waals surface area contributed by atoms with Gasteiger partial charge in [-0.05, 0) is 24.3 Å². The Bertz CT molecular complexity index is 793. The Kier molecular flexibility index (Phi) is 13.8. The molecular formula is C25H34Br2N2. The third kappa shape index (κ3) is 9.86. The van der Waals surface area contributed by atoms with Gasteiger partial charge in [0.05, 0.1) is 0 Å². The van der Waals surface area contributed by atoms with Gasteiger partial charge >= 0.3 is 0 Å². The SMILES string of the molecule is [Br-].[Br-].c1cc[n+](CCCCCCCCCCC[n+]2ccc3ccccc3c2)cc1. The quantitative estimate of drug-likeness (QED) is 0.227. The number of halogens is 2. The Morgan fingerprint density at radius 1 is 0.448 bits per heavy atom. The first-order valence-corrected chi connectivity index (χ1v) is 10.7. The summed E-state index contributed by atoms with van der Waals surface area (Å²) in [4.78, 5) is 0. The van der Waals surface area contributed by atoms with Crippen LogP contribution in [0.15, 0.2) is 73.3 Å². The van der Waals surface area contributed by atoms with Gasteiger partial charge in [-0.25, -0.2) is 9.13 Å². The van der Waals surface area contributed by atoms with Crippen molar-refractivity contribution in [2.45, 2.75) is 70.9 Å². The van der Waals surface area contributed by atoms with E-state index in [1.807, 2.05) is 0 Å². The van der Waals surface area contributed by atoms with Gasteiger partial charge in [0, 0.05) is 36.4 Å². The van der Waals surface area contributed by atoms with Gasteiger partial charge in [-0.2, -0.15) is 0 Å². The topological polar surface area (TPSA) is 7.76 Å². The Hall–Kier alpha value is -1.26. The maximum atomic E-state index is 2.34. The molecule has 0 bridgehead atoms. The molecule has 3 aromatic rings. The third-order valence-electron chi connectivity index (χ3n) is 5.36. The highest BCUT2D eigenvalue weighted by molar-refractivity contribution is 5.80. The molecule has 4 heteroatoms. The molecule has 0 atom stereocenters. The average Bonchev–Trinajstić information content (AvgIpc) is 2.72. The summed E-state index contributed by atoms with van der Waals surface area (Å²) >= 11 is 0. The number of nitrogens with zero attached hydrogens (tertiary/aromatic N) is 2. The Morgan fingerprint density at radius 2 is 0.966 bits per heavy atom. The first-order valence-electron chi connectivity index (χ1n) is 10.7. The number of rotatable bonds is 12. The third-order valence-corrected chi connectivity index (χ3v) is 5.36. The second-order valence-corrected chi connectivity index (χ2v) is 7.61. The van der Waals surface area contributed by atoms with Gasteiger partial charge in [0.1, 0.15) is 13.1 Å². The smallest absolute Gasteiger partial charge is 0.176 e. The van der Waals surface area contributed by atoms with Crippen molar-refractivity contribution < 1.29 is 43.1 Å². The van der Waals surface area contributed by atoms with E-state index in [9.17, 15) is 0 Å². The summed E-state index contributed by atoms with van der Waals surface area (Å²) in [5.41, 5.74) is 0. The van der Waals surface area contributed by atoms with Crippen molar-refractivity contribution in [3.8, 4) is 0 Å². The number of aryl methyl sites for hydroxylation is 2. The molecule has 0 fully saturated rings. The van der Waals surface area contributed by atoms with Gasteiger partial charge in [-0.3, -0.25) is 0 Å². The molecule has 2 aromatic heterocycles. The number of pyridine rings is 2. The van der Waals surface area contributed by atoms with Crippen molar-refractivity contribution in [2.75, 3.05) is 0 Å². The summed E-state index contributed by atoms with van der Waals surface area (Å²) in [6, 6.07) is 17.1. The second-order valence-electron chi connectivity index (χ2n) is 7.61. The lowest BCUT2D eigenvalue weighted by atomic mass is 10.1. The van der Waals surface area contributed by atoms with Gasteiger partial charge in [0.15, 0.2) is 24.8 Å². The van der Waals surface area contributed by atoms with Crippen LogP contribution in [0.1, 0.15) is 57.8 Å². The molecule has 0 unspecified atom stereocenters. The van der Waals surface area contributed by atoms with Crippen LogP contribution in [0.5, 0.6) is 0 Å². The minimum Gasteiger partial charge on any atom is -1.00 e. The van der Waals surface area contributed by atoms with E-state index in [1.165, 1.54) is 68.6 Å². The van der Waals surface area contributed by atoms with Gasteiger partial charge < -0.3 is 34.0 Å². The van der Waals surface area contributed by atoms with Crippen LogP contribution in [0.25, 0.3) is 10.8 Å². The van der Waals surface area contributed by atoms with Gasteiger partial charge in [0.2, 0.25) is 0 Å². The minimum absolute atomic E-state index is 0. The summed E-state index contributed by atoms with van der Waals surface area (Å²) in [5.74, 6) is 0.